The Morgan fingerprint density at radius 2 is 2.29 bits per heavy atom. The van der Waals surface area contributed by atoms with Gasteiger partial charge in [0.25, 0.3) is 0 Å². The van der Waals surface area contributed by atoms with E-state index in [9.17, 15) is 4.79 Å². The molecule has 0 saturated carbocycles. The van der Waals surface area contributed by atoms with Crippen LogP contribution in [0.4, 0.5) is 0 Å². The molecule has 1 N–H and O–H groups in total. The normalized spacial score (nSPS) is 28.0. The lowest BCUT2D eigenvalue weighted by Crippen LogP contribution is -2.35. The van der Waals surface area contributed by atoms with Gasteiger partial charge in [-0.25, -0.2) is 0 Å². The highest BCUT2D eigenvalue weighted by atomic mass is 16.5. The third kappa shape index (κ3) is 2.84. The van der Waals surface area contributed by atoms with Gasteiger partial charge in [0.05, 0.1) is 6.61 Å². The van der Waals surface area contributed by atoms with E-state index in [2.05, 4.69) is 18.3 Å². The molecule has 0 aromatic heterocycles. The molecule has 0 aliphatic carbocycles. The molecule has 114 valence electrons. The summed E-state index contributed by atoms with van der Waals surface area (Å²) in [5.74, 6) is 1.75. The van der Waals surface area contributed by atoms with E-state index in [0.29, 0.717) is 18.1 Å². The van der Waals surface area contributed by atoms with Crippen molar-refractivity contribution in [2.75, 3.05) is 19.7 Å². The van der Waals surface area contributed by atoms with E-state index in [0.717, 1.165) is 51.1 Å². The van der Waals surface area contributed by atoms with Gasteiger partial charge in [-0.3, -0.25) is 4.79 Å². The van der Waals surface area contributed by atoms with Crippen LogP contribution in [0, 0.1) is 5.41 Å². The fraction of sp³-hybridized carbons (Fsp3) is 0.611. The van der Waals surface area contributed by atoms with Crippen molar-refractivity contribution in [3.8, 4) is 5.75 Å². The second kappa shape index (κ2) is 6.18. The van der Waals surface area contributed by atoms with Gasteiger partial charge in [-0.2, -0.15) is 0 Å². The lowest BCUT2D eigenvalue weighted by Gasteiger charge is -2.31. The first-order valence-corrected chi connectivity index (χ1v) is 8.21. The van der Waals surface area contributed by atoms with E-state index < -0.39 is 0 Å². The molecule has 3 nitrogen and oxygen atoms in total. The first-order valence-electron chi connectivity index (χ1n) is 8.21. The van der Waals surface area contributed by atoms with Crippen molar-refractivity contribution < 1.29 is 9.53 Å². The molecule has 21 heavy (non-hydrogen) atoms. The van der Waals surface area contributed by atoms with Crippen molar-refractivity contribution in [1.29, 1.82) is 0 Å². The van der Waals surface area contributed by atoms with Crippen molar-refractivity contribution in [2.24, 2.45) is 5.41 Å². The van der Waals surface area contributed by atoms with Crippen LogP contribution in [0.15, 0.2) is 24.3 Å². The Hall–Kier alpha value is -1.35. The Bertz CT molecular complexity index is 506. The number of hydrogen-bond acceptors (Lipinski definition) is 3. The van der Waals surface area contributed by atoms with Crippen LogP contribution in [-0.2, 0) is 4.79 Å². The summed E-state index contributed by atoms with van der Waals surface area (Å²) in [5.41, 5.74) is 1.11. The molecule has 0 radical (unpaired) electrons. The molecular formula is C18H25NO2. The maximum Gasteiger partial charge on any atom is 0.140 e. The highest BCUT2D eigenvalue weighted by molar-refractivity contribution is 5.86. The zero-order chi connectivity index (χ0) is 14.7. The standard InChI is InChI=1S/C18H25NO2/c1-2-8-18(9-10-19-13-18)17(20)12-14-7-11-21-16-6-4-3-5-15(14)16/h3-6,14,19H,2,7-13H2,1H3. The summed E-state index contributed by atoms with van der Waals surface area (Å²) in [6, 6.07) is 8.18. The molecule has 2 aliphatic heterocycles. The third-order valence-electron chi connectivity index (χ3n) is 5.08. The van der Waals surface area contributed by atoms with Gasteiger partial charge in [-0.15, -0.1) is 0 Å². The van der Waals surface area contributed by atoms with Gasteiger partial charge in [-0.1, -0.05) is 31.5 Å². The topological polar surface area (TPSA) is 38.3 Å². The van der Waals surface area contributed by atoms with Gasteiger partial charge < -0.3 is 10.1 Å². The number of benzene rings is 1. The van der Waals surface area contributed by atoms with Crippen LogP contribution in [0.25, 0.3) is 0 Å². The second-order valence-electron chi connectivity index (χ2n) is 6.46. The molecule has 2 unspecified atom stereocenters. The van der Waals surface area contributed by atoms with E-state index in [1.807, 2.05) is 18.2 Å². The minimum atomic E-state index is -0.109. The summed E-state index contributed by atoms with van der Waals surface area (Å²) in [4.78, 5) is 13.0. The van der Waals surface area contributed by atoms with Crippen LogP contribution in [0.3, 0.4) is 0 Å². The first kappa shape index (κ1) is 14.6. The fourth-order valence-corrected chi connectivity index (χ4v) is 3.88. The van der Waals surface area contributed by atoms with Crippen molar-refractivity contribution in [1.82, 2.24) is 5.32 Å². The van der Waals surface area contributed by atoms with Gasteiger partial charge in [-0.05, 0) is 43.4 Å². The summed E-state index contributed by atoms with van der Waals surface area (Å²) in [5, 5.41) is 3.39. The van der Waals surface area contributed by atoms with Crippen LogP contribution in [-0.4, -0.2) is 25.5 Å². The quantitative estimate of drug-likeness (QED) is 0.903. The lowest BCUT2D eigenvalue weighted by atomic mass is 9.74. The zero-order valence-electron chi connectivity index (χ0n) is 12.9. The molecule has 2 heterocycles. The number of nitrogens with one attached hydrogen (secondary N) is 1. The maximum atomic E-state index is 13.0. The average molecular weight is 287 g/mol. The maximum absolute atomic E-state index is 13.0. The number of ether oxygens (including phenoxy) is 1. The molecule has 1 saturated heterocycles. The predicted octanol–water partition coefficient (Wildman–Crippen LogP) is 3.29. The van der Waals surface area contributed by atoms with Crippen molar-refractivity contribution in [3.63, 3.8) is 0 Å². The highest BCUT2D eigenvalue weighted by Gasteiger charge is 2.41. The number of Topliss-reactive ketones (excluding diaryl/α,β-unsaturated/α-hetero) is 1. The summed E-state index contributed by atoms with van der Waals surface area (Å²) in [7, 11) is 0. The van der Waals surface area contributed by atoms with Crippen LogP contribution < -0.4 is 10.1 Å². The Labute approximate surface area is 127 Å². The Morgan fingerprint density at radius 1 is 1.43 bits per heavy atom. The van der Waals surface area contributed by atoms with Crippen LogP contribution in [0.2, 0.25) is 0 Å². The Balaban J connectivity index is 1.76. The van der Waals surface area contributed by atoms with E-state index in [1.165, 1.54) is 5.56 Å². The fourth-order valence-electron chi connectivity index (χ4n) is 3.88. The van der Waals surface area contributed by atoms with Crippen molar-refractivity contribution in [3.05, 3.63) is 29.8 Å². The molecule has 0 bridgehead atoms. The molecule has 1 fully saturated rings. The summed E-state index contributed by atoms with van der Waals surface area (Å²) < 4.78 is 5.71. The van der Waals surface area contributed by atoms with Crippen LogP contribution >= 0.6 is 0 Å². The average Bonchev–Trinajstić information content (AvgIpc) is 2.98. The lowest BCUT2D eigenvalue weighted by molar-refractivity contribution is -0.128. The van der Waals surface area contributed by atoms with E-state index in [4.69, 9.17) is 4.74 Å². The van der Waals surface area contributed by atoms with Crippen LogP contribution in [0.1, 0.15) is 50.5 Å². The molecule has 2 atom stereocenters. The number of ketones is 1. The SMILES string of the molecule is CCCC1(C(=O)CC2CCOc3ccccc32)CCNC1. The highest BCUT2D eigenvalue weighted by Crippen LogP contribution is 2.40. The molecular weight excluding hydrogens is 262 g/mol. The second-order valence-corrected chi connectivity index (χ2v) is 6.46. The predicted molar refractivity (Wildman–Crippen MR) is 83.7 cm³/mol. The van der Waals surface area contributed by atoms with Crippen LogP contribution in [0.5, 0.6) is 5.75 Å². The van der Waals surface area contributed by atoms with Gasteiger partial charge in [0.15, 0.2) is 0 Å². The van der Waals surface area contributed by atoms with Gasteiger partial charge in [0.2, 0.25) is 0 Å². The van der Waals surface area contributed by atoms with Crippen molar-refractivity contribution >= 4 is 5.78 Å². The summed E-state index contributed by atoms with van der Waals surface area (Å²) in [6.07, 6.45) is 4.73. The monoisotopic (exact) mass is 287 g/mol. The Kier molecular flexibility index (Phi) is 4.29. The molecule has 3 rings (SSSR count). The molecule has 2 aliphatic rings. The summed E-state index contributed by atoms with van der Waals surface area (Å²) in [6.45, 7) is 4.76. The minimum Gasteiger partial charge on any atom is -0.493 e. The number of para-hydroxylation sites is 1. The van der Waals surface area contributed by atoms with E-state index in [1.54, 1.807) is 0 Å². The number of carbonyl (C=O) groups is 1. The number of rotatable bonds is 5. The molecule has 1 aromatic rings. The largest absolute Gasteiger partial charge is 0.493 e. The van der Waals surface area contributed by atoms with Gasteiger partial charge in [0.1, 0.15) is 11.5 Å². The smallest absolute Gasteiger partial charge is 0.140 e. The molecule has 3 heteroatoms. The molecule has 0 spiro atoms. The van der Waals surface area contributed by atoms with Gasteiger partial charge >= 0.3 is 0 Å². The first-order chi connectivity index (χ1) is 10.2. The molecule has 0 amide bonds. The number of fused-ring (bicyclic) bond motifs is 1. The van der Waals surface area contributed by atoms with Gasteiger partial charge in [0, 0.05) is 18.4 Å². The summed E-state index contributed by atoms with van der Waals surface area (Å²) >= 11 is 0. The number of hydrogen-bond donors (Lipinski definition) is 1. The van der Waals surface area contributed by atoms with Crippen molar-refractivity contribution in [2.45, 2.75) is 44.9 Å². The third-order valence-corrected chi connectivity index (χ3v) is 5.08. The van der Waals surface area contributed by atoms with E-state index in [-0.39, 0.29) is 5.41 Å². The van der Waals surface area contributed by atoms with E-state index >= 15 is 0 Å². The number of carbonyl (C=O) groups excluding carboxylic acids is 1. The zero-order valence-corrected chi connectivity index (χ0v) is 12.9. The minimum absolute atomic E-state index is 0.109. The molecule has 1 aromatic carbocycles. The Morgan fingerprint density at radius 3 is 3.05 bits per heavy atom.